The predicted octanol–water partition coefficient (Wildman–Crippen LogP) is 1.83. The van der Waals surface area contributed by atoms with Crippen LogP contribution in [0.25, 0.3) is 0 Å². The summed E-state index contributed by atoms with van der Waals surface area (Å²) < 4.78 is 0. The van der Waals surface area contributed by atoms with Gasteiger partial charge in [0.25, 0.3) is 0 Å². The van der Waals surface area contributed by atoms with E-state index in [-0.39, 0.29) is 5.97 Å². The van der Waals surface area contributed by atoms with Crippen LogP contribution in [0, 0.1) is 0 Å². The molecule has 0 saturated carbocycles. The zero-order valence-corrected chi connectivity index (χ0v) is 8.81. The Morgan fingerprint density at radius 2 is 1.92 bits per heavy atom. The van der Waals surface area contributed by atoms with Gasteiger partial charge in [-0.2, -0.15) is 0 Å². The summed E-state index contributed by atoms with van der Waals surface area (Å²) in [6, 6.07) is 0. The molecule has 0 fully saturated rings. The highest BCUT2D eigenvalue weighted by Gasteiger charge is 2.06. The average Bonchev–Trinajstić information content (AvgIpc) is 2.05. The van der Waals surface area contributed by atoms with Crippen LogP contribution in [0.1, 0.15) is 13.3 Å². The van der Waals surface area contributed by atoms with Gasteiger partial charge < -0.3 is 4.84 Å². The normalized spacial score (nSPS) is 8.50. The van der Waals surface area contributed by atoms with E-state index >= 15 is 0 Å². The highest BCUT2D eigenvalue weighted by molar-refractivity contribution is 6.15. The van der Waals surface area contributed by atoms with Crippen molar-refractivity contribution in [3.8, 4) is 0 Å². The lowest BCUT2D eigenvalue weighted by molar-refractivity contribution is -0.173. The van der Waals surface area contributed by atoms with Crippen molar-refractivity contribution in [3.05, 3.63) is 12.2 Å². The minimum absolute atomic E-state index is 0.354. The molecule has 0 aromatic heterocycles. The van der Waals surface area contributed by atoms with Gasteiger partial charge >= 0.3 is 5.97 Å². The fraction of sp³-hybridized carbons (Fsp3) is 0.625. The van der Waals surface area contributed by atoms with Crippen molar-refractivity contribution < 1.29 is 9.63 Å². The summed E-state index contributed by atoms with van der Waals surface area (Å²) in [6.07, 6.45) is 2.10. The molecule has 0 aliphatic carbocycles. The quantitative estimate of drug-likeness (QED) is 0.389. The summed E-state index contributed by atoms with van der Waals surface area (Å²) in [5, 5.41) is 1.35. The zero-order valence-electron chi connectivity index (χ0n) is 8.06. The van der Waals surface area contributed by atoms with Crippen molar-refractivity contribution in [2.24, 2.45) is 0 Å². The number of rotatable bonds is 3. The molecule has 0 spiro atoms. The monoisotopic (exact) mass is 193 g/mol. The molecule has 0 heterocycles. The number of nitrogens with zero attached hydrogens (tertiary/aromatic N) is 1. The van der Waals surface area contributed by atoms with Gasteiger partial charge in [-0.1, -0.05) is 13.5 Å². The lowest BCUT2D eigenvalue weighted by Crippen LogP contribution is -2.19. The number of alkyl halides is 1. The third-order valence-corrected chi connectivity index (χ3v) is 0.981. The Kier molecular flexibility index (Phi) is 9.99. The predicted molar refractivity (Wildman–Crippen MR) is 51.0 cm³/mol. The molecule has 0 unspecified atom stereocenters. The molecular formula is C8H16ClNO2. The largest absolute Gasteiger partial charge is 0.365 e. The number of halogens is 1. The highest BCUT2D eigenvalue weighted by atomic mass is 35.5. The summed E-state index contributed by atoms with van der Waals surface area (Å²) in [4.78, 5) is 15.5. The molecule has 0 radical (unpaired) electrons. The van der Waals surface area contributed by atoms with Crippen LogP contribution in [0.4, 0.5) is 0 Å². The van der Waals surface area contributed by atoms with Crippen molar-refractivity contribution in [2.45, 2.75) is 13.3 Å². The Morgan fingerprint density at radius 3 is 2.17 bits per heavy atom. The standard InChI is InChI=1S/C7H13NO2.CH3Cl/c1-5-6(2)7(9)10-8(3)4;1-2/h2,5H2,1,3-4H3;1H3. The Balaban J connectivity index is 0. The topological polar surface area (TPSA) is 29.5 Å². The molecule has 0 aromatic carbocycles. The van der Waals surface area contributed by atoms with Crippen LogP contribution in [0.3, 0.4) is 0 Å². The molecule has 0 saturated heterocycles. The van der Waals surface area contributed by atoms with E-state index < -0.39 is 0 Å². The molecule has 0 aromatic rings. The number of hydrogen-bond donors (Lipinski definition) is 0. The second kappa shape index (κ2) is 8.56. The third kappa shape index (κ3) is 7.57. The smallest absolute Gasteiger partial charge is 0.352 e. The first-order valence-electron chi connectivity index (χ1n) is 3.53. The molecule has 0 rings (SSSR count). The Hall–Kier alpha value is -0.540. The summed E-state index contributed by atoms with van der Waals surface area (Å²) in [5.41, 5.74) is 0.494. The van der Waals surface area contributed by atoms with E-state index in [0.29, 0.717) is 12.0 Å². The van der Waals surface area contributed by atoms with Crippen molar-refractivity contribution in [1.82, 2.24) is 5.06 Å². The van der Waals surface area contributed by atoms with E-state index in [2.05, 4.69) is 18.2 Å². The summed E-state index contributed by atoms with van der Waals surface area (Å²) >= 11 is 4.64. The van der Waals surface area contributed by atoms with Gasteiger partial charge in [-0.25, -0.2) is 4.79 Å². The lowest BCUT2D eigenvalue weighted by Gasteiger charge is -2.09. The van der Waals surface area contributed by atoms with E-state index in [9.17, 15) is 4.79 Å². The van der Waals surface area contributed by atoms with Crippen LogP contribution in [0.5, 0.6) is 0 Å². The number of carbonyl (C=O) groups excluding carboxylic acids is 1. The minimum Gasteiger partial charge on any atom is -0.365 e. The van der Waals surface area contributed by atoms with Gasteiger partial charge in [0.1, 0.15) is 0 Å². The third-order valence-electron chi connectivity index (χ3n) is 0.981. The SMILES string of the molecule is C=C(CC)C(=O)ON(C)C.CCl. The number of hydrogen-bond acceptors (Lipinski definition) is 3. The van der Waals surface area contributed by atoms with E-state index in [4.69, 9.17) is 4.84 Å². The lowest BCUT2D eigenvalue weighted by atomic mass is 10.2. The fourth-order valence-electron chi connectivity index (χ4n) is 0.375. The molecule has 0 aliphatic heterocycles. The van der Waals surface area contributed by atoms with Gasteiger partial charge in [-0.3, -0.25) is 0 Å². The van der Waals surface area contributed by atoms with Crippen molar-refractivity contribution in [2.75, 3.05) is 20.5 Å². The zero-order chi connectivity index (χ0) is 10.1. The van der Waals surface area contributed by atoms with E-state index in [1.807, 2.05) is 6.92 Å². The van der Waals surface area contributed by atoms with Crippen LogP contribution in [0.2, 0.25) is 0 Å². The summed E-state index contributed by atoms with van der Waals surface area (Å²) in [7, 11) is 3.31. The second-order valence-corrected chi connectivity index (χ2v) is 2.15. The van der Waals surface area contributed by atoms with E-state index in [1.165, 1.54) is 11.4 Å². The average molecular weight is 194 g/mol. The Labute approximate surface area is 78.9 Å². The number of carbonyl (C=O) groups is 1. The van der Waals surface area contributed by atoms with Crippen LogP contribution >= 0.6 is 11.6 Å². The van der Waals surface area contributed by atoms with Crippen LogP contribution < -0.4 is 0 Å². The molecule has 0 aliphatic rings. The second-order valence-electron chi connectivity index (χ2n) is 2.15. The van der Waals surface area contributed by atoms with E-state index in [0.717, 1.165) is 0 Å². The van der Waals surface area contributed by atoms with Crippen LogP contribution in [0.15, 0.2) is 12.2 Å². The molecule has 0 N–H and O–H groups in total. The molecule has 72 valence electrons. The Bertz CT molecular complexity index is 146. The van der Waals surface area contributed by atoms with Crippen molar-refractivity contribution in [3.63, 3.8) is 0 Å². The van der Waals surface area contributed by atoms with Gasteiger partial charge in [-0.15, -0.1) is 16.7 Å². The van der Waals surface area contributed by atoms with Gasteiger partial charge in [0.2, 0.25) is 0 Å². The molecule has 3 nitrogen and oxygen atoms in total. The van der Waals surface area contributed by atoms with Gasteiger partial charge in [0, 0.05) is 26.1 Å². The first kappa shape index (κ1) is 14.0. The summed E-state index contributed by atoms with van der Waals surface area (Å²) in [6.45, 7) is 5.39. The van der Waals surface area contributed by atoms with Crippen molar-refractivity contribution in [1.29, 1.82) is 0 Å². The van der Waals surface area contributed by atoms with E-state index in [1.54, 1.807) is 14.1 Å². The molecule has 0 amide bonds. The van der Waals surface area contributed by atoms with Gasteiger partial charge in [0.05, 0.1) is 0 Å². The molecular weight excluding hydrogens is 178 g/mol. The maximum absolute atomic E-state index is 10.8. The molecule has 0 atom stereocenters. The van der Waals surface area contributed by atoms with Crippen molar-refractivity contribution >= 4 is 17.6 Å². The first-order chi connectivity index (χ1) is 5.57. The minimum atomic E-state index is -0.354. The molecule has 12 heavy (non-hydrogen) atoms. The molecule has 4 heteroatoms. The number of hydroxylamine groups is 2. The van der Waals surface area contributed by atoms with Crippen LogP contribution in [-0.4, -0.2) is 31.5 Å². The van der Waals surface area contributed by atoms with Crippen LogP contribution in [-0.2, 0) is 9.63 Å². The van der Waals surface area contributed by atoms with Gasteiger partial charge in [-0.05, 0) is 6.42 Å². The Morgan fingerprint density at radius 1 is 1.50 bits per heavy atom. The van der Waals surface area contributed by atoms with Gasteiger partial charge in [0.15, 0.2) is 0 Å². The fourth-order valence-corrected chi connectivity index (χ4v) is 0.375. The molecule has 0 bridgehead atoms. The maximum Gasteiger partial charge on any atom is 0.352 e. The maximum atomic E-state index is 10.8. The first-order valence-corrected chi connectivity index (χ1v) is 4.28. The summed E-state index contributed by atoms with van der Waals surface area (Å²) in [5.74, 6) is -0.354. The highest BCUT2D eigenvalue weighted by Crippen LogP contribution is 1.99.